The van der Waals surface area contributed by atoms with E-state index in [0.717, 1.165) is 23.7 Å². The number of fused-ring (bicyclic) bond motifs is 1. The van der Waals surface area contributed by atoms with Gasteiger partial charge in [0.15, 0.2) is 5.13 Å². The lowest BCUT2D eigenvalue weighted by molar-refractivity contribution is 0.0737. The van der Waals surface area contributed by atoms with Crippen LogP contribution in [0.25, 0.3) is 10.2 Å². The first-order chi connectivity index (χ1) is 12.0. The number of hydrogen-bond donors (Lipinski definition) is 0. The number of aromatic nitrogens is 3. The van der Waals surface area contributed by atoms with Gasteiger partial charge in [-0.05, 0) is 31.0 Å². The van der Waals surface area contributed by atoms with Gasteiger partial charge < -0.3 is 14.4 Å². The second kappa shape index (κ2) is 6.15. The summed E-state index contributed by atoms with van der Waals surface area (Å²) in [7, 11) is 1.85. The minimum atomic E-state index is 0.0513. The number of thiazole rings is 1. The van der Waals surface area contributed by atoms with E-state index in [0.29, 0.717) is 18.8 Å². The maximum Gasteiger partial charge on any atom is 0.272 e. The van der Waals surface area contributed by atoms with Gasteiger partial charge in [-0.15, -0.1) is 0 Å². The summed E-state index contributed by atoms with van der Waals surface area (Å²) in [5.41, 5.74) is 4.27. The van der Waals surface area contributed by atoms with Crippen molar-refractivity contribution in [2.45, 2.75) is 13.8 Å². The predicted octanol–water partition coefficient (Wildman–Crippen LogP) is 2.61. The summed E-state index contributed by atoms with van der Waals surface area (Å²) < 4.78 is 3.00. The summed E-state index contributed by atoms with van der Waals surface area (Å²) in [6.45, 7) is 7.28. The minimum absolute atomic E-state index is 0.0513. The van der Waals surface area contributed by atoms with Crippen LogP contribution < -0.4 is 4.90 Å². The van der Waals surface area contributed by atoms with Gasteiger partial charge in [0.25, 0.3) is 5.91 Å². The highest BCUT2D eigenvalue weighted by Gasteiger charge is 2.25. The number of carbonyl (C=O) groups excluding carboxylic acids is 1. The molecule has 0 spiro atoms. The number of anilines is 1. The molecule has 1 aliphatic rings. The van der Waals surface area contributed by atoms with E-state index >= 15 is 0 Å². The smallest absolute Gasteiger partial charge is 0.272 e. The zero-order valence-corrected chi connectivity index (χ0v) is 15.5. The van der Waals surface area contributed by atoms with Crippen molar-refractivity contribution in [2.24, 2.45) is 7.05 Å². The number of benzene rings is 1. The quantitative estimate of drug-likeness (QED) is 0.709. The molecule has 1 saturated heterocycles. The molecular weight excluding hydrogens is 334 g/mol. The second-order valence-electron chi connectivity index (χ2n) is 6.52. The van der Waals surface area contributed by atoms with Gasteiger partial charge in [0.2, 0.25) is 0 Å². The van der Waals surface area contributed by atoms with E-state index in [1.165, 1.54) is 15.8 Å². The molecule has 6 nitrogen and oxygen atoms in total. The number of carbonyl (C=O) groups is 1. The molecule has 1 fully saturated rings. The van der Waals surface area contributed by atoms with Crippen LogP contribution in [0.3, 0.4) is 0 Å². The van der Waals surface area contributed by atoms with Crippen molar-refractivity contribution in [3.05, 3.63) is 41.5 Å². The van der Waals surface area contributed by atoms with Gasteiger partial charge in [0.1, 0.15) is 5.69 Å². The molecule has 0 unspecified atom stereocenters. The molecular formula is C18H21N5OS. The van der Waals surface area contributed by atoms with E-state index in [4.69, 9.17) is 4.98 Å². The third-order valence-electron chi connectivity index (χ3n) is 4.95. The largest absolute Gasteiger partial charge is 0.345 e. The molecule has 7 heteroatoms. The Bertz CT molecular complexity index is 936. The van der Waals surface area contributed by atoms with Crippen molar-refractivity contribution in [1.82, 2.24) is 19.4 Å². The molecule has 130 valence electrons. The number of aryl methyl sites for hydroxylation is 3. The SMILES string of the molecule is Cc1ccc2sc(N3CCN(C(=O)c4cncn4C)CC3)nc2c1C. The van der Waals surface area contributed by atoms with E-state index in [2.05, 4.69) is 35.9 Å². The summed E-state index contributed by atoms with van der Waals surface area (Å²) in [5, 5.41) is 1.05. The van der Waals surface area contributed by atoms with Gasteiger partial charge in [0, 0.05) is 33.2 Å². The molecule has 3 aromatic rings. The predicted molar refractivity (Wildman–Crippen MR) is 100 cm³/mol. The van der Waals surface area contributed by atoms with Crippen LogP contribution >= 0.6 is 11.3 Å². The third-order valence-corrected chi connectivity index (χ3v) is 6.03. The molecule has 0 saturated carbocycles. The highest BCUT2D eigenvalue weighted by Crippen LogP contribution is 2.32. The van der Waals surface area contributed by atoms with Crippen LogP contribution in [0.2, 0.25) is 0 Å². The lowest BCUT2D eigenvalue weighted by Crippen LogP contribution is -2.49. The summed E-state index contributed by atoms with van der Waals surface area (Å²) in [5.74, 6) is 0.0513. The molecule has 2 aromatic heterocycles. The number of amides is 1. The summed E-state index contributed by atoms with van der Waals surface area (Å²) in [6.07, 6.45) is 3.29. The number of rotatable bonds is 2. The van der Waals surface area contributed by atoms with E-state index < -0.39 is 0 Å². The minimum Gasteiger partial charge on any atom is -0.345 e. The van der Waals surface area contributed by atoms with Gasteiger partial charge in [-0.25, -0.2) is 9.97 Å². The fraction of sp³-hybridized carbons (Fsp3) is 0.389. The summed E-state index contributed by atoms with van der Waals surface area (Å²) in [4.78, 5) is 25.7. The van der Waals surface area contributed by atoms with Gasteiger partial charge in [-0.3, -0.25) is 4.79 Å². The molecule has 0 bridgehead atoms. The van der Waals surface area contributed by atoms with Gasteiger partial charge in [-0.1, -0.05) is 17.4 Å². The monoisotopic (exact) mass is 355 g/mol. The average molecular weight is 355 g/mol. The molecule has 0 N–H and O–H groups in total. The van der Waals surface area contributed by atoms with Crippen LogP contribution in [-0.4, -0.2) is 51.5 Å². The summed E-state index contributed by atoms with van der Waals surface area (Å²) >= 11 is 1.73. The van der Waals surface area contributed by atoms with Crippen molar-refractivity contribution in [1.29, 1.82) is 0 Å². The number of nitrogens with zero attached hydrogens (tertiary/aromatic N) is 5. The van der Waals surface area contributed by atoms with Crippen LogP contribution in [0.1, 0.15) is 21.6 Å². The van der Waals surface area contributed by atoms with Gasteiger partial charge in [-0.2, -0.15) is 0 Å². The fourth-order valence-electron chi connectivity index (χ4n) is 3.18. The first-order valence-corrected chi connectivity index (χ1v) is 9.23. The average Bonchev–Trinajstić information content (AvgIpc) is 3.24. The Morgan fingerprint density at radius 1 is 1.16 bits per heavy atom. The Hall–Kier alpha value is -2.41. The van der Waals surface area contributed by atoms with E-state index in [-0.39, 0.29) is 5.91 Å². The Labute approximate surface area is 150 Å². The van der Waals surface area contributed by atoms with Crippen molar-refractivity contribution in [3.8, 4) is 0 Å². The molecule has 3 heterocycles. The normalized spacial score (nSPS) is 15.2. The molecule has 0 radical (unpaired) electrons. The molecule has 1 aromatic carbocycles. The van der Waals surface area contributed by atoms with Crippen LogP contribution in [0, 0.1) is 13.8 Å². The van der Waals surface area contributed by atoms with Crippen LogP contribution in [0.15, 0.2) is 24.7 Å². The van der Waals surface area contributed by atoms with Crippen molar-refractivity contribution in [3.63, 3.8) is 0 Å². The lowest BCUT2D eigenvalue weighted by atomic mass is 10.1. The molecule has 1 aliphatic heterocycles. The molecule has 0 atom stereocenters. The first-order valence-electron chi connectivity index (χ1n) is 8.42. The standard InChI is InChI=1S/C18H21N5OS/c1-12-4-5-15-16(13(12)2)20-18(25-15)23-8-6-22(7-9-23)17(24)14-10-19-11-21(14)3/h4-5,10-11H,6-9H2,1-3H3. The number of piperazine rings is 1. The van der Waals surface area contributed by atoms with Crippen molar-refractivity contribution in [2.75, 3.05) is 31.1 Å². The maximum absolute atomic E-state index is 12.6. The van der Waals surface area contributed by atoms with Crippen LogP contribution in [0.4, 0.5) is 5.13 Å². The first kappa shape index (κ1) is 16.1. The highest BCUT2D eigenvalue weighted by atomic mass is 32.1. The van der Waals surface area contributed by atoms with E-state index in [1.54, 1.807) is 28.4 Å². The highest BCUT2D eigenvalue weighted by molar-refractivity contribution is 7.22. The fourth-order valence-corrected chi connectivity index (χ4v) is 4.25. The summed E-state index contributed by atoms with van der Waals surface area (Å²) in [6, 6.07) is 4.31. The molecule has 25 heavy (non-hydrogen) atoms. The Balaban J connectivity index is 1.50. The number of hydrogen-bond acceptors (Lipinski definition) is 5. The third kappa shape index (κ3) is 2.78. The zero-order chi connectivity index (χ0) is 17.6. The van der Waals surface area contributed by atoms with E-state index in [1.807, 2.05) is 11.9 Å². The maximum atomic E-state index is 12.6. The zero-order valence-electron chi connectivity index (χ0n) is 14.7. The van der Waals surface area contributed by atoms with E-state index in [9.17, 15) is 4.79 Å². The van der Waals surface area contributed by atoms with Crippen LogP contribution in [-0.2, 0) is 7.05 Å². The molecule has 0 aliphatic carbocycles. The Kier molecular flexibility index (Phi) is 3.95. The second-order valence-corrected chi connectivity index (χ2v) is 7.53. The van der Waals surface area contributed by atoms with Gasteiger partial charge in [0.05, 0.1) is 22.7 Å². The van der Waals surface area contributed by atoms with Gasteiger partial charge >= 0.3 is 0 Å². The topological polar surface area (TPSA) is 54.3 Å². The molecule has 4 rings (SSSR count). The Morgan fingerprint density at radius 2 is 1.92 bits per heavy atom. The number of imidazole rings is 1. The van der Waals surface area contributed by atoms with Crippen LogP contribution in [0.5, 0.6) is 0 Å². The molecule has 1 amide bonds. The lowest BCUT2D eigenvalue weighted by Gasteiger charge is -2.34. The van der Waals surface area contributed by atoms with Crippen molar-refractivity contribution >= 4 is 32.6 Å². The van der Waals surface area contributed by atoms with Crippen molar-refractivity contribution < 1.29 is 4.79 Å². The Morgan fingerprint density at radius 3 is 2.60 bits per heavy atom.